The van der Waals surface area contributed by atoms with E-state index in [1.807, 2.05) is 6.92 Å². The molecule has 0 aliphatic rings. The van der Waals surface area contributed by atoms with Gasteiger partial charge in [0.2, 0.25) is 0 Å². The molecule has 0 saturated heterocycles. The first-order chi connectivity index (χ1) is 14.0. The van der Waals surface area contributed by atoms with Crippen molar-refractivity contribution in [1.82, 2.24) is 14.8 Å². The van der Waals surface area contributed by atoms with Gasteiger partial charge in [-0.05, 0) is 31.4 Å². The molecule has 0 unspecified atom stereocenters. The smallest absolute Gasteiger partial charge is 0.261 e. The van der Waals surface area contributed by atoms with Crippen LogP contribution in [0.25, 0.3) is 11.4 Å². The molecule has 160 valence electrons. The van der Waals surface area contributed by atoms with Crippen molar-refractivity contribution in [2.75, 3.05) is 4.72 Å². The van der Waals surface area contributed by atoms with Crippen LogP contribution < -0.4 is 4.72 Å². The Balaban J connectivity index is 2.34. The summed E-state index contributed by atoms with van der Waals surface area (Å²) in [6.07, 6.45) is 0. The zero-order valence-electron chi connectivity index (χ0n) is 17.5. The summed E-state index contributed by atoms with van der Waals surface area (Å²) in [4.78, 5) is 0.00568. The highest BCUT2D eigenvalue weighted by Crippen LogP contribution is 2.41. The Morgan fingerprint density at radius 3 is 2.30 bits per heavy atom. The summed E-state index contributed by atoms with van der Waals surface area (Å²) in [6, 6.07) is 8.55. The summed E-state index contributed by atoms with van der Waals surface area (Å²) in [5, 5.41) is 8.21. The predicted octanol–water partition coefficient (Wildman–Crippen LogP) is 4.65. The fourth-order valence-electron chi connectivity index (χ4n) is 3.39. The average Bonchev–Trinajstić information content (AvgIpc) is 3.04. The van der Waals surface area contributed by atoms with Crippen molar-refractivity contribution in [1.29, 1.82) is 0 Å². The maximum atomic E-state index is 15.0. The molecule has 0 aliphatic heterocycles. The van der Waals surface area contributed by atoms with Crippen molar-refractivity contribution in [3.8, 4) is 11.4 Å². The van der Waals surface area contributed by atoms with E-state index in [0.29, 0.717) is 12.4 Å². The monoisotopic (exact) mass is 434 g/mol. The van der Waals surface area contributed by atoms with Crippen LogP contribution in [0.3, 0.4) is 0 Å². The molecule has 30 heavy (non-hydrogen) atoms. The van der Waals surface area contributed by atoms with E-state index < -0.39 is 27.1 Å². The van der Waals surface area contributed by atoms with Crippen molar-refractivity contribution >= 4 is 15.7 Å². The van der Waals surface area contributed by atoms with Gasteiger partial charge in [-0.2, -0.15) is 0 Å². The van der Waals surface area contributed by atoms with Crippen LogP contribution in [0.15, 0.2) is 41.3 Å². The van der Waals surface area contributed by atoms with Crippen LogP contribution >= 0.6 is 0 Å². The number of nitrogens with one attached hydrogen (secondary N) is 1. The van der Waals surface area contributed by atoms with Crippen molar-refractivity contribution in [2.45, 2.75) is 51.5 Å². The van der Waals surface area contributed by atoms with Gasteiger partial charge >= 0.3 is 0 Å². The zero-order valence-corrected chi connectivity index (χ0v) is 18.3. The van der Waals surface area contributed by atoms with Gasteiger partial charge in [0, 0.05) is 18.2 Å². The lowest BCUT2D eigenvalue weighted by Gasteiger charge is -2.26. The second-order valence-electron chi connectivity index (χ2n) is 7.95. The van der Waals surface area contributed by atoms with E-state index in [1.165, 1.54) is 12.1 Å². The van der Waals surface area contributed by atoms with Crippen molar-refractivity contribution < 1.29 is 17.2 Å². The maximum absolute atomic E-state index is 15.0. The second kappa shape index (κ2) is 7.79. The van der Waals surface area contributed by atoms with E-state index in [9.17, 15) is 12.8 Å². The fraction of sp³-hybridized carbons (Fsp3) is 0.333. The summed E-state index contributed by atoms with van der Waals surface area (Å²) in [7, 11) is -4.05. The first-order valence-electron chi connectivity index (χ1n) is 9.48. The summed E-state index contributed by atoms with van der Waals surface area (Å²) >= 11 is 0. The topological polar surface area (TPSA) is 76.9 Å². The summed E-state index contributed by atoms with van der Waals surface area (Å²) in [5.41, 5.74) is -0.740. The first-order valence-corrected chi connectivity index (χ1v) is 11.0. The minimum atomic E-state index is -4.05. The molecule has 0 radical (unpaired) electrons. The highest BCUT2D eigenvalue weighted by atomic mass is 32.2. The lowest BCUT2D eigenvalue weighted by atomic mass is 9.82. The van der Waals surface area contributed by atoms with Crippen LogP contribution in [0, 0.1) is 18.6 Å². The number of rotatable bonds is 5. The highest BCUT2D eigenvalue weighted by molar-refractivity contribution is 7.92. The molecule has 3 aromatic rings. The Labute approximate surface area is 175 Å². The number of nitrogens with zero attached hydrogens (tertiary/aromatic N) is 3. The van der Waals surface area contributed by atoms with Crippen LogP contribution in [-0.4, -0.2) is 23.2 Å². The van der Waals surface area contributed by atoms with Gasteiger partial charge in [0.25, 0.3) is 10.0 Å². The average molecular weight is 435 g/mol. The molecule has 0 spiro atoms. The molecule has 6 nitrogen and oxygen atoms in total. The summed E-state index contributed by atoms with van der Waals surface area (Å²) < 4.78 is 59.6. The van der Waals surface area contributed by atoms with Gasteiger partial charge < -0.3 is 4.57 Å². The molecule has 0 amide bonds. The molecule has 1 aromatic heterocycles. The Morgan fingerprint density at radius 1 is 1.10 bits per heavy atom. The van der Waals surface area contributed by atoms with E-state index in [4.69, 9.17) is 0 Å². The van der Waals surface area contributed by atoms with Gasteiger partial charge in [-0.15, -0.1) is 10.2 Å². The third-order valence-electron chi connectivity index (χ3n) is 4.74. The summed E-state index contributed by atoms with van der Waals surface area (Å²) in [6.45, 7) is 9.26. The molecular weight excluding hydrogens is 410 g/mol. The van der Waals surface area contributed by atoms with Crippen LogP contribution in [0.2, 0.25) is 0 Å². The van der Waals surface area contributed by atoms with E-state index in [-0.39, 0.29) is 27.5 Å². The lowest BCUT2D eigenvalue weighted by Crippen LogP contribution is -2.21. The Hall–Kier alpha value is -2.81. The zero-order chi connectivity index (χ0) is 22.3. The molecule has 0 saturated carbocycles. The Bertz CT molecular complexity index is 1180. The summed E-state index contributed by atoms with van der Waals surface area (Å²) in [5.74, 6) is -1.34. The van der Waals surface area contributed by atoms with E-state index in [0.717, 1.165) is 6.07 Å². The number of anilines is 1. The van der Waals surface area contributed by atoms with Crippen molar-refractivity contribution in [3.05, 3.63) is 59.4 Å². The SMILES string of the molecule is CCn1c(C)nnc1-c1c(NS(=O)(=O)c2ccccc2)cc(F)c(F)c1C(C)(C)C. The largest absolute Gasteiger partial charge is 0.311 e. The van der Waals surface area contributed by atoms with Crippen LogP contribution in [0.5, 0.6) is 0 Å². The molecule has 0 fully saturated rings. The fourth-order valence-corrected chi connectivity index (χ4v) is 4.47. The van der Waals surface area contributed by atoms with Crippen LogP contribution in [0.1, 0.15) is 39.1 Å². The van der Waals surface area contributed by atoms with E-state index in [2.05, 4.69) is 14.9 Å². The predicted molar refractivity (Wildman–Crippen MR) is 112 cm³/mol. The Morgan fingerprint density at radius 2 is 1.73 bits per heavy atom. The van der Waals surface area contributed by atoms with Crippen LogP contribution in [-0.2, 0) is 22.0 Å². The van der Waals surface area contributed by atoms with Gasteiger partial charge in [-0.1, -0.05) is 39.0 Å². The number of halogens is 2. The van der Waals surface area contributed by atoms with Gasteiger partial charge in [0.15, 0.2) is 17.5 Å². The molecule has 0 aliphatic carbocycles. The first kappa shape index (κ1) is 21.9. The third-order valence-corrected chi connectivity index (χ3v) is 6.12. The second-order valence-corrected chi connectivity index (χ2v) is 9.64. The number of hydrogen-bond acceptors (Lipinski definition) is 4. The van der Waals surface area contributed by atoms with Gasteiger partial charge in [-0.25, -0.2) is 17.2 Å². The van der Waals surface area contributed by atoms with Crippen molar-refractivity contribution in [3.63, 3.8) is 0 Å². The molecule has 3 rings (SSSR count). The van der Waals surface area contributed by atoms with Crippen molar-refractivity contribution in [2.24, 2.45) is 0 Å². The molecule has 0 bridgehead atoms. The number of aromatic nitrogens is 3. The molecule has 2 aromatic carbocycles. The normalized spacial score (nSPS) is 12.2. The Kier molecular flexibility index (Phi) is 5.68. The molecule has 1 N–H and O–H groups in total. The molecular formula is C21H24F2N4O2S. The van der Waals surface area contributed by atoms with E-state index in [1.54, 1.807) is 50.5 Å². The molecule has 1 heterocycles. The third kappa shape index (κ3) is 3.94. The number of sulfonamides is 1. The number of aryl methyl sites for hydroxylation is 1. The maximum Gasteiger partial charge on any atom is 0.261 e. The van der Waals surface area contributed by atoms with Gasteiger partial charge in [0.1, 0.15) is 5.82 Å². The van der Waals surface area contributed by atoms with Crippen LogP contribution in [0.4, 0.5) is 14.5 Å². The number of benzene rings is 2. The number of hydrogen-bond donors (Lipinski definition) is 1. The lowest BCUT2D eigenvalue weighted by molar-refractivity contribution is 0.466. The van der Waals surface area contributed by atoms with E-state index >= 15 is 4.39 Å². The minimum Gasteiger partial charge on any atom is -0.311 e. The minimum absolute atomic E-state index is 0.00568. The standard InChI is InChI=1S/C21H24F2N4O2S/c1-6-27-13(2)24-25-20(27)17-16(12-15(22)19(23)18(17)21(3,4)5)26-30(28,29)14-10-8-7-9-11-14/h7-12,26H,6H2,1-5H3. The highest BCUT2D eigenvalue weighted by Gasteiger charge is 2.32. The quantitative estimate of drug-likeness (QED) is 0.634. The molecule has 0 atom stereocenters. The molecule has 9 heteroatoms. The van der Waals surface area contributed by atoms with Gasteiger partial charge in [0.05, 0.1) is 16.1 Å². The van der Waals surface area contributed by atoms with Gasteiger partial charge in [-0.3, -0.25) is 4.72 Å².